The summed E-state index contributed by atoms with van der Waals surface area (Å²) >= 11 is 6.07. The van der Waals surface area contributed by atoms with Crippen LogP contribution in [0.15, 0.2) is 29.2 Å². The lowest BCUT2D eigenvalue weighted by Gasteiger charge is -2.33. The van der Waals surface area contributed by atoms with E-state index in [1.807, 2.05) is 0 Å². The van der Waals surface area contributed by atoms with Gasteiger partial charge in [0.25, 0.3) is 0 Å². The first-order valence-electron chi connectivity index (χ1n) is 9.03. The zero-order valence-corrected chi connectivity index (χ0v) is 15.9. The van der Waals surface area contributed by atoms with Crippen LogP contribution in [0.3, 0.4) is 0 Å². The van der Waals surface area contributed by atoms with Crippen LogP contribution in [0.2, 0.25) is 5.02 Å². The first kappa shape index (κ1) is 18.7. The van der Waals surface area contributed by atoms with Crippen molar-refractivity contribution in [1.82, 2.24) is 9.62 Å². The van der Waals surface area contributed by atoms with Gasteiger partial charge in [-0.3, -0.25) is 4.79 Å². The molecule has 2 fully saturated rings. The molecule has 2 aliphatic rings. The van der Waals surface area contributed by atoms with Crippen molar-refractivity contribution >= 4 is 27.5 Å². The predicted octanol–water partition coefficient (Wildman–Crippen LogP) is 3.19. The van der Waals surface area contributed by atoms with E-state index in [1.54, 1.807) is 18.2 Å². The summed E-state index contributed by atoms with van der Waals surface area (Å²) in [6.07, 6.45) is 7.02. The van der Waals surface area contributed by atoms with Gasteiger partial charge in [0.2, 0.25) is 15.9 Å². The molecule has 7 heteroatoms. The van der Waals surface area contributed by atoms with Crippen molar-refractivity contribution in [2.45, 2.75) is 55.9 Å². The van der Waals surface area contributed by atoms with E-state index in [9.17, 15) is 13.2 Å². The Hall–Kier alpha value is -1.11. The van der Waals surface area contributed by atoms with Gasteiger partial charge in [-0.1, -0.05) is 43.0 Å². The molecule has 1 aromatic carbocycles. The van der Waals surface area contributed by atoms with Crippen LogP contribution in [0.5, 0.6) is 0 Å². The van der Waals surface area contributed by atoms with Crippen molar-refractivity contribution < 1.29 is 13.2 Å². The van der Waals surface area contributed by atoms with Gasteiger partial charge in [0.15, 0.2) is 0 Å². The van der Waals surface area contributed by atoms with Gasteiger partial charge in [0.1, 0.15) is 4.90 Å². The van der Waals surface area contributed by atoms with Crippen molar-refractivity contribution in [3.63, 3.8) is 0 Å². The molecule has 0 aromatic heterocycles. The third kappa shape index (κ3) is 4.36. The van der Waals surface area contributed by atoms with Gasteiger partial charge in [0.05, 0.1) is 10.9 Å². The van der Waals surface area contributed by atoms with Gasteiger partial charge in [-0.15, -0.1) is 0 Å². The summed E-state index contributed by atoms with van der Waals surface area (Å²) in [4.78, 5) is 12.7. The van der Waals surface area contributed by atoms with E-state index in [-0.39, 0.29) is 34.3 Å². The monoisotopic (exact) mass is 384 g/mol. The van der Waals surface area contributed by atoms with Crippen LogP contribution >= 0.6 is 11.6 Å². The van der Waals surface area contributed by atoms with Crippen molar-refractivity contribution in [2.75, 3.05) is 13.1 Å². The molecule has 0 radical (unpaired) electrons. The fourth-order valence-electron chi connectivity index (χ4n) is 3.73. The van der Waals surface area contributed by atoms with E-state index in [2.05, 4.69) is 5.32 Å². The minimum Gasteiger partial charge on any atom is -0.353 e. The highest BCUT2D eigenvalue weighted by molar-refractivity contribution is 7.89. The lowest BCUT2D eigenvalue weighted by atomic mass is 9.93. The zero-order valence-electron chi connectivity index (χ0n) is 14.3. The normalized spacial score (nSPS) is 23.3. The van der Waals surface area contributed by atoms with Crippen LogP contribution in [-0.4, -0.2) is 37.8 Å². The van der Waals surface area contributed by atoms with Crippen molar-refractivity contribution in [2.24, 2.45) is 5.92 Å². The van der Waals surface area contributed by atoms with Gasteiger partial charge in [-0.2, -0.15) is 4.31 Å². The quantitative estimate of drug-likeness (QED) is 0.866. The Morgan fingerprint density at radius 3 is 2.52 bits per heavy atom. The molecule has 1 aromatic rings. The van der Waals surface area contributed by atoms with Crippen LogP contribution in [-0.2, 0) is 14.8 Å². The molecular weight excluding hydrogens is 360 g/mol. The molecule has 0 spiro atoms. The second kappa shape index (κ2) is 8.06. The maximum atomic E-state index is 12.9. The lowest BCUT2D eigenvalue weighted by molar-refractivity contribution is -0.127. The van der Waals surface area contributed by atoms with E-state index in [0.29, 0.717) is 13.0 Å². The molecule has 3 rings (SSSR count). The second-order valence-electron chi connectivity index (χ2n) is 6.98. The molecule has 1 N–H and O–H groups in total. The fourth-order valence-corrected chi connectivity index (χ4v) is 5.75. The lowest BCUT2D eigenvalue weighted by Crippen LogP contribution is -2.47. The zero-order chi connectivity index (χ0) is 17.9. The summed E-state index contributed by atoms with van der Waals surface area (Å²) in [5.74, 6) is -0.293. The highest BCUT2D eigenvalue weighted by atomic mass is 35.5. The van der Waals surface area contributed by atoms with Crippen molar-refractivity contribution in [1.29, 1.82) is 0 Å². The van der Waals surface area contributed by atoms with E-state index in [4.69, 9.17) is 11.6 Å². The molecule has 5 nitrogen and oxygen atoms in total. The first-order chi connectivity index (χ1) is 12.0. The largest absolute Gasteiger partial charge is 0.353 e. The maximum absolute atomic E-state index is 12.9. The highest BCUT2D eigenvalue weighted by Gasteiger charge is 2.34. The number of nitrogens with zero attached hydrogens (tertiary/aromatic N) is 1. The molecule has 25 heavy (non-hydrogen) atoms. The minimum absolute atomic E-state index is 0.00837. The second-order valence-corrected chi connectivity index (χ2v) is 9.29. The summed E-state index contributed by atoms with van der Waals surface area (Å²) < 4.78 is 27.2. The predicted molar refractivity (Wildman–Crippen MR) is 98.0 cm³/mol. The summed E-state index contributed by atoms with van der Waals surface area (Å²) in [6.45, 7) is 0.660. The molecule has 1 aliphatic carbocycles. The van der Waals surface area contributed by atoms with Crippen LogP contribution in [0, 0.1) is 5.92 Å². The number of nitrogens with one attached hydrogen (secondary N) is 1. The number of sulfonamides is 1. The Kier molecular flexibility index (Phi) is 6.02. The minimum atomic E-state index is -3.67. The van der Waals surface area contributed by atoms with Gasteiger partial charge in [-0.25, -0.2) is 8.42 Å². The van der Waals surface area contributed by atoms with Crippen LogP contribution < -0.4 is 5.32 Å². The molecule has 0 bridgehead atoms. The Bertz CT molecular complexity index is 717. The summed E-state index contributed by atoms with van der Waals surface area (Å²) in [6, 6.07) is 6.71. The van der Waals surface area contributed by atoms with Crippen molar-refractivity contribution in [3.05, 3.63) is 29.3 Å². The third-order valence-corrected chi connectivity index (χ3v) is 7.53. The topological polar surface area (TPSA) is 66.5 Å². The van der Waals surface area contributed by atoms with Crippen LogP contribution in [0.1, 0.15) is 44.9 Å². The number of benzene rings is 1. The average Bonchev–Trinajstić information content (AvgIpc) is 2.63. The smallest absolute Gasteiger partial charge is 0.244 e. The number of hydrogen-bond acceptors (Lipinski definition) is 3. The third-order valence-electron chi connectivity index (χ3n) is 5.16. The van der Waals surface area contributed by atoms with Gasteiger partial charge >= 0.3 is 0 Å². The summed E-state index contributed by atoms with van der Waals surface area (Å²) in [5, 5.41) is 3.34. The van der Waals surface area contributed by atoms with Crippen LogP contribution in [0.4, 0.5) is 0 Å². The maximum Gasteiger partial charge on any atom is 0.244 e. The number of amides is 1. The first-order valence-corrected chi connectivity index (χ1v) is 10.9. The molecule has 1 heterocycles. The van der Waals surface area contributed by atoms with E-state index in [1.165, 1.54) is 16.8 Å². The SMILES string of the molecule is O=C(NC1CCCCC1)[C@H]1CCCN(S(=O)(=O)c2ccccc2Cl)C1. The average molecular weight is 385 g/mol. The Morgan fingerprint density at radius 2 is 1.80 bits per heavy atom. The van der Waals surface area contributed by atoms with E-state index < -0.39 is 10.0 Å². The van der Waals surface area contributed by atoms with Gasteiger partial charge in [-0.05, 0) is 37.8 Å². The Balaban J connectivity index is 1.68. The van der Waals surface area contributed by atoms with Gasteiger partial charge in [0, 0.05) is 19.1 Å². The molecule has 1 saturated heterocycles. The fraction of sp³-hybridized carbons (Fsp3) is 0.611. The Morgan fingerprint density at radius 1 is 1.08 bits per heavy atom. The Labute approximate surface area is 154 Å². The van der Waals surface area contributed by atoms with E-state index in [0.717, 1.165) is 32.1 Å². The van der Waals surface area contributed by atoms with Crippen LogP contribution in [0.25, 0.3) is 0 Å². The van der Waals surface area contributed by atoms with Crippen molar-refractivity contribution in [3.8, 4) is 0 Å². The number of rotatable bonds is 4. The number of halogens is 1. The standard InChI is InChI=1S/C18H25ClN2O3S/c19-16-10-4-5-11-17(16)25(23,24)21-12-6-7-14(13-21)18(22)20-15-8-2-1-3-9-15/h4-5,10-11,14-15H,1-3,6-9,12-13H2,(H,20,22)/t14-/m0/s1. The summed E-state index contributed by atoms with van der Waals surface area (Å²) in [5.41, 5.74) is 0. The molecule has 1 atom stereocenters. The van der Waals surface area contributed by atoms with E-state index >= 15 is 0 Å². The van der Waals surface area contributed by atoms with Gasteiger partial charge < -0.3 is 5.32 Å². The number of carbonyl (C=O) groups excluding carboxylic acids is 1. The number of carbonyl (C=O) groups is 1. The molecule has 1 aliphatic heterocycles. The molecule has 0 unspecified atom stereocenters. The number of hydrogen-bond donors (Lipinski definition) is 1. The molecule has 1 amide bonds. The molecular formula is C18H25ClN2O3S. The number of piperidine rings is 1. The molecule has 138 valence electrons. The molecule has 1 saturated carbocycles. The highest BCUT2D eigenvalue weighted by Crippen LogP contribution is 2.28. The summed E-state index contributed by atoms with van der Waals surface area (Å²) in [7, 11) is -3.67.